The van der Waals surface area contributed by atoms with Gasteiger partial charge in [-0.05, 0) is 100 Å². The minimum absolute atomic E-state index is 0.0234. The molecular formula is C30H33N5S. The molecule has 1 saturated heterocycles. The van der Waals surface area contributed by atoms with E-state index in [1.807, 2.05) is 24.4 Å². The summed E-state index contributed by atoms with van der Waals surface area (Å²) in [4.78, 5) is 9.30. The highest BCUT2D eigenvalue weighted by molar-refractivity contribution is 7.80. The molecule has 1 aliphatic rings. The van der Waals surface area contributed by atoms with E-state index >= 15 is 0 Å². The number of para-hydroxylation sites is 1. The molecule has 4 aromatic rings. The first-order valence-corrected chi connectivity index (χ1v) is 13.0. The fraction of sp³-hybridized carbons (Fsp3) is 0.267. The second-order valence-corrected chi connectivity index (χ2v) is 9.57. The van der Waals surface area contributed by atoms with Gasteiger partial charge in [0.1, 0.15) is 0 Å². The maximum absolute atomic E-state index is 5.89. The number of thiocarbonyl (C=S) groups is 1. The number of pyridine rings is 1. The van der Waals surface area contributed by atoms with Crippen molar-refractivity contribution in [3.05, 3.63) is 108 Å². The van der Waals surface area contributed by atoms with Crippen LogP contribution in [0.4, 0.5) is 11.4 Å². The molecule has 2 aromatic carbocycles. The van der Waals surface area contributed by atoms with Crippen LogP contribution in [0.25, 0.3) is 5.69 Å². The third-order valence-electron chi connectivity index (χ3n) is 7.16. The van der Waals surface area contributed by atoms with Crippen molar-refractivity contribution in [3.63, 3.8) is 0 Å². The van der Waals surface area contributed by atoms with Gasteiger partial charge in [0.2, 0.25) is 0 Å². The third kappa shape index (κ3) is 4.26. The standard InChI is InChI=1S/C30H33N5S/c1-5-33(6-2)23-15-17-25(18-16-23)34-21(3)20-26(22(34)4)29-28(27-14-10-11-19-31-27)32-30(36)35(29)24-12-8-7-9-13-24/h7-20,28-29H,5-6H2,1-4H3,(H,32,36). The summed E-state index contributed by atoms with van der Waals surface area (Å²) in [6.07, 6.45) is 1.85. The van der Waals surface area contributed by atoms with Crippen molar-refractivity contribution >= 4 is 28.7 Å². The normalized spacial score (nSPS) is 17.3. The first-order chi connectivity index (χ1) is 17.5. The minimum Gasteiger partial charge on any atom is -0.372 e. The van der Waals surface area contributed by atoms with Crippen molar-refractivity contribution < 1.29 is 0 Å². The maximum atomic E-state index is 5.89. The van der Waals surface area contributed by atoms with Crippen LogP contribution in [0.1, 0.15) is 48.6 Å². The lowest BCUT2D eigenvalue weighted by molar-refractivity contribution is 0.565. The van der Waals surface area contributed by atoms with E-state index < -0.39 is 0 Å². The molecule has 0 bridgehead atoms. The lowest BCUT2D eigenvalue weighted by Gasteiger charge is -2.28. The SMILES string of the molecule is CCN(CC)c1ccc(-n2c(C)cc(C3C(c4ccccn4)NC(=S)N3c3ccccc3)c2C)cc1. The number of aryl methyl sites for hydroxylation is 1. The molecule has 2 aromatic heterocycles. The number of nitrogens with one attached hydrogen (secondary N) is 1. The van der Waals surface area contributed by atoms with Gasteiger partial charge in [-0.1, -0.05) is 24.3 Å². The highest BCUT2D eigenvalue weighted by Crippen LogP contribution is 2.43. The van der Waals surface area contributed by atoms with Crippen LogP contribution in [0, 0.1) is 13.8 Å². The minimum atomic E-state index is -0.0575. The van der Waals surface area contributed by atoms with Crippen LogP contribution >= 0.6 is 12.2 Å². The van der Waals surface area contributed by atoms with Gasteiger partial charge in [0.25, 0.3) is 0 Å². The summed E-state index contributed by atoms with van der Waals surface area (Å²) in [6, 6.07) is 27.6. The van der Waals surface area contributed by atoms with Gasteiger partial charge in [0.05, 0.1) is 17.8 Å². The maximum Gasteiger partial charge on any atom is 0.174 e. The smallest absolute Gasteiger partial charge is 0.174 e. The van der Waals surface area contributed by atoms with Crippen LogP contribution < -0.4 is 15.1 Å². The van der Waals surface area contributed by atoms with Crippen molar-refractivity contribution in [1.82, 2.24) is 14.9 Å². The number of aromatic nitrogens is 2. The highest BCUT2D eigenvalue weighted by Gasteiger charge is 2.42. The van der Waals surface area contributed by atoms with Gasteiger partial charge < -0.3 is 19.7 Å². The Morgan fingerprint density at radius 3 is 2.22 bits per heavy atom. The highest BCUT2D eigenvalue weighted by atomic mass is 32.1. The Bertz CT molecular complexity index is 1330. The Morgan fingerprint density at radius 2 is 1.58 bits per heavy atom. The molecule has 1 fully saturated rings. The first kappa shape index (κ1) is 24.1. The van der Waals surface area contributed by atoms with E-state index in [1.165, 1.54) is 28.3 Å². The van der Waals surface area contributed by atoms with Crippen molar-refractivity contribution in [1.29, 1.82) is 0 Å². The van der Waals surface area contributed by atoms with Crippen molar-refractivity contribution in [2.45, 2.75) is 39.8 Å². The summed E-state index contributed by atoms with van der Waals surface area (Å²) in [7, 11) is 0. The van der Waals surface area contributed by atoms with E-state index in [4.69, 9.17) is 17.2 Å². The van der Waals surface area contributed by atoms with Crippen LogP contribution in [-0.2, 0) is 0 Å². The third-order valence-corrected chi connectivity index (χ3v) is 7.47. The van der Waals surface area contributed by atoms with Gasteiger partial charge in [-0.25, -0.2) is 0 Å². The number of rotatable bonds is 7. The number of hydrogen-bond donors (Lipinski definition) is 1. The number of nitrogens with zero attached hydrogens (tertiary/aromatic N) is 4. The Balaban J connectivity index is 1.60. The summed E-state index contributed by atoms with van der Waals surface area (Å²) in [6.45, 7) is 10.8. The van der Waals surface area contributed by atoms with E-state index in [-0.39, 0.29) is 12.1 Å². The van der Waals surface area contributed by atoms with Gasteiger partial charge in [-0.3, -0.25) is 4.98 Å². The fourth-order valence-corrected chi connectivity index (χ4v) is 5.77. The van der Waals surface area contributed by atoms with Gasteiger partial charge in [-0.2, -0.15) is 0 Å². The van der Waals surface area contributed by atoms with Crippen LogP contribution in [0.3, 0.4) is 0 Å². The lowest BCUT2D eigenvalue weighted by atomic mass is 9.96. The summed E-state index contributed by atoms with van der Waals surface area (Å²) < 4.78 is 2.35. The molecule has 0 saturated carbocycles. The molecule has 0 spiro atoms. The molecule has 3 heterocycles. The van der Waals surface area contributed by atoms with E-state index in [1.54, 1.807) is 0 Å². The zero-order valence-corrected chi connectivity index (χ0v) is 22.2. The van der Waals surface area contributed by atoms with E-state index in [9.17, 15) is 0 Å². The molecule has 0 aliphatic carbocycles. The molecule has 2 unspecified atom stereocenters. The lowest BCUT2D eigenvalue weighted by Crippen LogP contribution is -2.29. The zero-order chi connectivity index (χ0) is 25.2. The molecule has 2 atom stereocenters. The summed E-state index contributed by atoms with van der Waals surface area (Å²) in [5.74, 6) is 0. The topological polar surface area (TPSA) is 36.3 Å². The summed E-state index contributed by atoms with van der Waals surface area (Å²) in [5, 5.41) is 4.29. The molecule has 1 aliphatic heterocycles. The Morgan fingerprint density at radius 1 is 0.889 bits per heavy atom. The Hall–Kier alpha value is -3.64. The quantitative estimate of drug-likeness (QED) is 0.296. The van der Waals surface area contributed by atoms with Gasteiger partial charge in [0.15, 0.2) is 5.11 Å². The van der Waals surface area contributed by atoms with Gasteiger partial charge >= 0.3 is 0 Å². The molecule has 0 amide bonds. The van der Waals surface area contributed by atoms with Gasteiger partial charge in [0, 0.05) is 47.7 Å². The van der Waals surface area contributed by atoms with Crippen molar-refractivity contribution in [3.8, 4) is 5.69 Å². The van der Waals surface area contributed by atoms with E-state index in [0.29, 0.717) is 0 Å². The average molecular weight is 496 g/mol. The fourth-order valence-electron chi connectivity index (χ4n) is 5.42. The molecule has 5 rings (SSSR count). The van der Waals surface area contributed by atoms with Crippen LogP contribution in [0.5, 0.6) is 0 Å². The number of anilines is 2. The van der Waals surface area contributed by atoms with Crippen molar-refractivity contribution in [2.24, 2.45) is 0 Å². The summed E-state index contributed by atoms with van der Waals surface area (Å²) >= 11 is 5.89. The monoisotopic (exact) mass is 495 g/mol. The predicted octanol–water partition coefficient (Wildman–Crippen LogP) is 6.51. The Kier molecular flexibility index (Phi) is 6.79. The largest absolute Gasteiger partial charge is 0.372 e. The van der Waals surface area contributed by atoms with E-state index in [2.05, 4.69) is 108 Å². The molecular weight excluding hydrogens is 462 g/mol. The van der Waals surface area contributed by atoms with E-state index in [0.717, 1.165) is 29.6 Å². The summed E-state index contributed by atoms with van der Waals surface area (Å²) in [5.41, 5.74) is 8.13. The Labute approximate surface area is 219 Å². The molecule has 1 N–H and O–H groups in total. The number of benzene rings is 2. The second kappa shape index (κ2) is 10.2. The molecule has 36 heavy (non-hydrogen) atoms. The van der Waals surface area contributed by atoms with Crippen molar-refractivity contribution in [2.75, 3.05) is 22.9 Å². The molecule has 184 valence electrons. The molecule has 0 radical (unpaired) electrons. The second-order valence-electron chi connectivity index (χ2n) is 9.18. The predicted molar refractivity (Wildman–Crippen MR) is 153 cm³/mol. The van der Waals surface area contributed by atoms with Crippen LogP contribution in [0.2, 0.25) is 0 Å². The molecule has 5 nitrogen and oxygen atoms in total. The zero-order valence-electron chi connectivity index (χ0n) is 21.3. The van der Waals surface area contributed by atoms with Crippen LogP contribution in [-0.4, -0.2) is 27.8 Å². The van der Waals surface area contributed by atoms with Gasteiger partial charge in [-0.15, -0.1) is 0 Å². The number of hydrogen-bond acceptors (Lipinski definition) is 3. The molecule has 6 heteroatoms. The van der Waals surface area contributed by atoms with Crippen LogP contribution in [0.15, 0.2) is 85.1 Å². The average Bonchev–Trinajstić information content (AvgIpc) is 3.41. The first-order valence-electron chi connectivity index (χ1n) is 12.6.